The van der Waals surface area contributed by atoms with E-state index in [-0.39, 0.29) is 5.48 Å². The summed E-state index contributed by atoms with van der Waals surface area (Å²) in [5, 5.41) is 7.84. The van der Waals surface area contributed by atoms with Crippen LogP contribution in [0.1, 0.15) is 0 Å². The van der Waals surface area contributed by atoms with Gasteiger partial charge in [-0.1, -0.05) is 17.7 Å². The van der Waals surface area contributed by atoms with Crippen molar-refractivity contribution in [3.8, 4) is 0 Å². The minimum atomic E-state index is 0. The van der Waals surface area contributed by atoms with Crippen molar-refractivity contribution in [3.63, 3.8) is 0 Å². The summed E-state index contributed by atoms with van der Waals surface area (Å²) in [5.41, 5.74) is 3.23. The highest BCUT2D eigenvalue weighted by Gasteiger charge is 1.63. The van der Waals surface area contributed by atoms with Gasteiger partial charge in [0, 0.05) is 12.1 Å². The first-order valence-electron chi connectivity index (χ1n) is 1.54. The molecule has 44 valence electrons. The van der Waals surface area contributed by atoms with Crippen LogP contribution in [0.3, 0.4) is 0 Å². The molecular formula is C3H8ClNO2. The molecule has 0 bridgehead atoms. The molecule has 0 aromatic rings. The molecule has 0 rings (SSSR count). The first-order chi connectivity index (χ1) is 2.91. The molecule has 0 aliphatic rings. The van der Waals surface area contributed by atoms with Gasteiger partial charge in [-0.05, 0) is 0 Å². The summed E-state index contributed by atoms with van der Waals surface area (Å²) in [7, 11) is 0. The fourth-order valence-corrected chi connectivity index (χ4v) is 0.186. The van der Waals surface area contributed by atoms with Gasteiger partial charge < -0.3 is 10.7 Å². The predicted octanol–water partition coefficient (Wildman–Crippen LogP) is -0.107. The highest BCUT2D eigenvalue weighted by atomic mass is 35.5. The van der Waals surface area contributed by atoms with Crippen LogP contribution in [0, 0.1) is 0 Å². The maximum atomic E-state index is 7.84. The highest BCUT2D eigenvalue weighted by Crippen LogP contribution is 1.72. The Balaban J connectivity index is 0. The summed E-state index contributed by atoms with van der Waals surface area (Å²) in [4.78, 5) is 0. The summed E-state index contributed by atoms with van der Waals surface area (Å²) in [5.74, 6) is 0. The van der Waals surface area contributed by atoms with Crippen LogP contribution < -0.4 is 5.48 Å². The minimum Gasteiger partial charge on any atom is -0.412 e. The fourth-order valence-electron chi connectivity index (χ4n) is 0.0972. The second kappa shape index (κ2) is 9.32. The Morgan fingerprint density at radius 1 is 1.71 bits per heavy atom. The van der Waals surface area contributed by atoms with E-state index in [1.807, 2.05) is 5.48 Å². The van der Waals surface area contributed by atoms with Crippen molar-refractivity contribution in [1.82, 2.24) is 5.48 Å². The van der Waals surface area contributed by atoms with Crippen LogP contribution in [0.5, 0.6) is 0 Å². The first kappa shape index (κ1) is 10.0. The molecule has 7 heavy (non-hydrogen) atoms. The zero-order valence-corrected chi connectivity index (χ0v) is 4.44. The Bertz CT molecular complexity index is 48.2. The molecule has 0 aromatic heterocycles. The number of halogens is 1. The Hall–Kier alpha value is -0.0900. The van der Waals surface area contributed by atoms with E-state index in [2.05, 4.69) is 0 Å². The third kappa shape index (κ3) is 10.7. The van der Waals surface area contributed by atoms with E-state index in [4.69, 9.17) is 16.8 Å². The Morgan fingerprint density at radius 3 is 2.43 bits per heavy atom. The van der Waals surface area contributed by atoms with Crippen molar-refractivity contribution in [1.29, 1.82) is 0 Å². The van der Waals surface area contributed by atoms with Crippen LogP contribution in [0.2, 0.25) is 0 Å². The lowest BCUT2D eigenvalue weighted by Crippen LogP contribution is -2.04. The van der Waals surface area contributed by atoms with Crippen LogP contribution in [-0.4, -0.2) is 17.2 Å². The molecule has 4 heteroatoms. The lowest BCUT2D eigenvalue weighted by atomic mass is 10.7. The topological polar surface area (TPSA) is 63.8 Å². The van der Waals surface area contributed by atoms with Gasteiger partial charge in [-0.2, -0.15) is 0 Å². The number of hydrogen-bond acceptors (Lipinski definition) is 2. The van der Waals surface area contributed by atoms with Gasteiger partial charge in [-0.3, -0.25) is 0 Å². The molecule has 0 aliphatic heterocycles. The highest BCUT2D eigenvalue weighted by molar-refractivity contribution is 6.25. The number of rotatable bonds is 2. The van der Waals surface area contributed by atoms with E-state index in [1.165, 1.54) is 5.54 Å². The predicted molar refractivity (Wildman–Crippen MR) is 28.4 cm³/mol. The molecule has 0 atom stereocenters. The van der Waals surface area contributed by atoms with Gasteiger partial charge in [0.05, 0.1) is 0 Å². The molecule has 0 fully saturated rings. The first-order valence-corrected chi connectivity index (χ1v) is 1.97. The second-order valence-corrected chi connectivity index (χ2v) is 0.976. The summed E-state index contributed by atoms with van der Waals surface area (Å²) < 4.78 is 0. The van der Waals surface area contributed by atoms with Crippen LogP contribution in [0.25, 0.3) is 0 Å². The van der Waals surface area contributed by atoms with Crippen LogP contribution in [0.15, 0.2) is 11.6 Å². The smallest absolute Gasteiger partial charge is 0.0399 e. The molecule has 0 aliphatic carbocycles. The van der Waals surface area contributed by atoms with Gasteiger partial charge in [0.25, 0.3) is 0 Å². The van der Waals surface area contributed by atoms with E-state index in [0.29, 0.717) is 6.54 Å². The van der Waals surface area contributed by atoms with Gasteiger partial charge in [-0.15, -0.1) is 0 Å². The summed E-state index contributed by atoms with van der Waals surface area (Å²) in [6.45, 7) is 0.406. The summed E-state index contributed by atoms with van der Waals surface area (Å²) in [6.07, 6.45) is 1.58. The molecule has 0 radical (unpaired) electrons. The van der Waals surface area contributed by atoms with Crippen molar-refractivity contribution in [2.24, 2.45) is 0 Å². The average molecular weight is 126 g/mol. The fraction of sp³-hybridized carbons (Fsp3) is 0.333. The molecule has 4 N–H and O–H groups in total. The Kier molecular flexibility index (Phi) is 13.3. The van der Waals surface area contributed by atoms with E-state index < -0.39 is 0 Å². The monoisotopic (exact) mass is 125 g/mol. The Morgan fingerprint density at radius 2 is 2.29 bits per heavy atom. The zero-order chi connectivity index (χ0) is 4.83. The van der Waals surface area contributed by atoms with Gasteiger partial charge >= 0.3 is 0 Å². The molecule has 0 spiro atoms. The molecule has 0 aromatic carbocycles. The average Bonchev–Trinajstić information content (AvgIpc) is 1.61. The van der Waals surface area contributed by atoms with Crippen molar-refractivity contribution in [2.45, 2.75) is 0 Å². The summed E-state index contributed by atoms with van der Waals surface area (Å²) in [6, 6.07) is 0. The maximum Gasteiger partial charge on any atom is 0.0399 e. The number of hydroxylamine groups is 1. The molecule has 3 nitrogen and oxygen atoms in total. The molecule has 0 amide bonds. The normalized spacial score (nSPS) is 8.86. The molecular weight excluding hydrogens is 117 g/mol. The SMILES string of the molecule is O.ONCC=CCl. The van der Waals surface area contributed by atoms with E-state index >= 15 is 0 Å². The molecule has 0 saturated heterocycles. The lowest BCUT2D eigenvalue weighted by molar-refractivity contribution is 0.179. The maximum absolute atomic E-state index is 7.84. The van der Waals surface area contributed by atoms with E-state index in [1.54, 1.807) is 6.08 Å². The van der Waals surface area contributed by atoms with Crippen LogP contribution in [-0.2, 0) is 0 Å². The number of nitrogens with one attached hydrogen (secondary N) is 1. The lowest BCUT2D eigenvalue weighted by Gasteiger charge is -1.80. The van der Waals surface area contributed by atoms with Crippen molar-refractivity contribution >= 4 is 11.6 Å². The van der Waals surface area contributed by atoms with E-state index in [9.17, 15) is 0 Å². The molecule has 0 saturated carbocycles. The molecule has 0 unspecified atom stereocenters. The van der Waals surface area contributed by atoms with E-state index in [0.717, 1.165) is 0 Å². The minimum absolute atomic E-state index is 0. The van der Waals surface area contributed by atoms with Crippen molar-refractivity contribution < 1.29 is 10.7 Å². The largest absolute Gasteiger partial charge is 0.412 e. The van der Waals surface area contributed by atoms with Crippen molar-refractivity contribution in [3.05, 3.63) is 11.6 Å². The van der Waals surface area contributed by atoms with Crippen molar-refractivity contribution in [2.75, 3.05) is 6.54 Å². The third-order valence-corrected chi connectivity index (χ3v) is 0.476. The summed E-state index contributed by atoms with van der Waals surface area (Å²) >= 11 is 5.05. The van der Waals surface area contributed by atoms with Gasteiger partial charge in [-0.25, -0.2) is 5.48 Å². The second-order valence-electron chi connectivity index (χ2n) is 0.724. The van der Waals surface area contributed by atoms with Crippen LogP contribution in [0.4, 0.5) is 0 Å². The molecule has 0 heterocycles. The van der Waals surface area contributed by atoms with Gasteiger partial charge in [0.2, 0.25) is 0 Å². The van der Waals surface area contributed by atoms with Gasteiger partial charge in [0.15, 0.2) is 0 Å². The number of hydrogen-bond donors (Lipinski definition) is 2. The third-order valence-electron chi connectivity index (χ3n) is 0.298. The van der Waals surface area contributed by atoms with Crippen LogP contribution >= 0.6 is 11.6 Å². The zero-order valence-electron chi connectivity index (χ0n) is 3.69. The van der Waals surface area contributed by atoms with Gasteiger partial charge in [0.1, 0.15) is 0 Å². The Labute approximate surface area is 46.9 Å². The quantitative estimate of drug-likeness (QED) is 0.506. The standard InChI is InChI=1S/C3H6ClNO.H2O/c4-2-1-3-5-6;/h1-2,5-6H,3H2;1H2.